The Labute approximate surface area is 136 Å². The molecule has 2 aliphatic heterocycles. The van der Waals surface area contributed by atoms with Crippen molar-refractivity contribution in [2.45, 2.75) is 37.8 Å². The summed E-state index contributed by atoms with van der Waals surface area (Å²) < 4.78 is 5.71. The fraction of sp³-hybridized carbons (Fsp3) is 0.588. The fourth-order valence-electron chi connectivity index (χ4n) is 3.16. The molecule has 2 saturated heterocycles. The van der Waals surface area contributed by atoms with Crippen LogP contribution in [0.1, 0.15) is 31.2 Å². The highest BCUT2D eigenvalue weighted by atomic mass is 35.5. The zero-order valence-electron chi connectivity index (χ0n) is 12.8. The average Bonchev–Trinajstić information content (AvgIpc) is 2.50. The van der Waals surface area contributed by atoms with Crippen LogP contribution in [0.15, 0.2) is 24.3 Å². The van der Waals surface area contributed by atoms with Gasteiger partial charge < -0.3 is 15.0 Å². The molecule has 0 aromatic heterocycles. The monoisotopic (exact) mass is 322 g/mol. The van der Waals surface area contributed by atoms with Crippen molar-refractivity contribution in [1.29, 1.82) is 0 Å². The minimum absolute atomic E-state index is 0.0974. The van der Waals surface area contributed by atoms with Crippen molar-refractivity contribution in [1.82, 2.24) is 10.2 Å². The molecule has 1 aromatic rings. The maximum Gasteiger partial charge on any atom is 0.221 e. The van der Waals surface area contributed by atoms with E-state index in [-0.39, 0.29) is 11.5 Å². The number of nitrogens with one attached hydrogen (secondary N) is 1. The van der Waals surface area contributed by atoms with Crippen LogP contribution in [-0.2, 0) is 16.1 Å². The minimum Gasteiger partial charge on any atom is -0.375 e. The average molecular weight is 323 g/mol. The Morgan fingerprint density at radius 3 is 2.73 bits per heavy atom. The van der Waals surface area contributed by atoms with Gasteiger partial charge in [0.25, 0.3) is 0 Å². The molecule has 0 radical (unpaired) electrons. The maximum atomic E-state index is 11.9. The number of hydrogen-bond acceptors (Lipinski definition) is 3. The molecule has 0 aliphatic carbocycles. The topological polar surface area (TPSA) is 41.6 Å². The van der Waals surface area contributed by atoms with E-state index in [9.17, 15) is 4.79 Å². The summed E-state index contributed by atoms with van der Waals surface area (Å²) in [6, 6.07) is 7.58. The number of amides is 1. The Morgan fingerprint density at radius 1 is 1.32 bits per heavy atom. The van der Waals surface area contributed by atoms with Gasteiger partial charge in [-0.2, -0.15) is 0 Å². The van der Waals surface area contributed by atoms with Gasteiger partial charge in [0, 0.05) is 37.6 Å². The molecular formula is C17H23ClN2O2. The molecule has 1 amide bonds. The second kappa shape index (κ2) is 6.99. The van der Waals surface area contributed by atoms with Gasteiger partial charge in [-0.05, 0) is 37.0 Å². The highest BCUT2D eigenvalue weighted by molar-refractivity contribution is 6.30. The number of likely N-dealkylation sites (tertiary alicyclic amines) is 1. The molecule has 1 spiro atoms. The molecule has 1 N–H and O–H groups in total. The van der Waals surface area contributed by atoms with E-state index >= 15 is 0 Å². The van der Waals surface area contributed by atoms with Crippen LogP contribution in [0.3, 0.4) is 0 Å². The van der Waals surface area contributed by atoms with E-state index in [2.05, 4.69) is 10.2 Å². The SMILES string of the molecule is O=C(CCN1CCC2(CCO2)CC1)NCc1cccc(Cl)c1. The van der Waals surface area contributed by atoms with E-state index in [0.717, 1.165) is 44.6 Å². The van der Waals surface area contributed by atoms with Gasteiger partial charge >= 0.3 is 0 Å². The summed E-state index contributed by atoms with van der Waals surface area (Å²) in [6.07, 6.45) is 3.98. The standard InChI is InChI=1S/C17H23ClN2O2/c18-15-3-1-2-14(12-15)13-19-16(21)4-8-20-9-5-17(6-10-20)7-11-22-17/h1-3,12H,4-11,13H2,(H,19,21). The summed E-state index contributed by atoms with van der Waals surface area (Å²) in [5, 5.41) is 3.66. The first kappa shape index (κ1) is 15.8. The van der Waals surface area contributed by atoms with Crippen molar-refractivity contribution in [2.24, 2.45) is 0 Å². The third-order valence-corrected chi connectivity index (χ3v) is 5.00. The number of nitrogens with zero attached hydrogens (tertiary/aromatic N) is 1. The van der Waals surface area contributed by atoms with Crippen LogP contribution in [0.25, 0.3) is 0 Å². The molecule has 120 valence electrons. The van der Waals surface area contributed by atoms with Crippen LogP contribution in [0.5, 0.6) is 0 Å². The quantitative estimate of drug-likeness (QED) is 0.906. The first-order valence-corrected chi connectivity index (χ1v) is 8.41. The molecule has 0 bridgehead atoms. The molecule has 0 unspecified atom stereocenters. The molecule has 5 heteroatoms. The second-order valence-corrected chi connectivity index (χ2v) is 6.72. The number of carbonyl (C=O) groups excluding carboxylic acids is 1. The van der Waals surface area contributed by atoms with Gasteiger partial charge in [0.05, 0.1) is 12.2 Å². The van der Waals surface area contributed by atoms with E-state index in [4.69, 9.17) is 16.3 Å². The van der Waals surface area contributed by atoms with Crippen LogP contribution >= 0.6 is 11.6 Å². The van der Waals surface area contributed by atoms with Crippen molar-refractivity contribution in [3.05, 3.63) is 34.9 Å². The number of benzene rings is 1. The first-order valence-electron chi connectivity index (χ1n) is 8.03. The minimum atomic E-state index is 0.0974. The van der Waals surface area contributed by atoms with Crippen molar-refractivity contribution in [3.63, 3.8) is 0 Å². The van der Waals surface area contributed by atoms with Gasteiger partial charge in [0.1, 0.15) is 0 Å². The molecule has 2 fully saturated rings. The summed E-state index contributed by atoms with van der Waals surface area (Å²) in [7, 11) is 0. The van der Waals surface area contributed by atoms with Crippen LogP contribution in [0.4, 0.5) is 0 Å². The van der Waals surface area contributed by atoms with Gasteiger partial charge in [-0.3, -0.25) is 4.79 Å². The Hall–Kier alpha value is -1.10. The summed E-state index contributed by atoms with van der Waals surface area (Å²) in [5.74, 6) is 0.0974. The van der Waals surface area contributed by atoms with E-state index in [1.165, 1.54) is 6.42 Å². The van der Waals surface area contributed by atoms with Gasteiger partial charge in [-0.25, -0.2) is 0 Å². The van der Waals surface area contributed by atoms with Crippen LogP contribution < -0.4 is 5.32 Å². The summed E-state index contributed by atoms with van der Waals surface area (Å²) in [6.45, 7) is 4.38. The van der Waals surface area contributed by atoms with Gasteiger partial charge in [0.15, 0.2) is 0 Å². The lowest BCUT2D eigenvalue weighted by atomic mass is 9.84. The van der Waals surface area contributed by atoms with E-state index < -0.39 is 0 Å². The van der Waals surface area contributed by atoms with Crippen LogP contribution in [0.2, 0.25) is 5.02 Å². The van der Waals surface area contributed by atoms with Crippen LogP contribution in [0, 0.1) is 0 Å². The zero-order chi connectivity index (χ0) is 15.4. The van der Waals surface area contributed by atoms with Gasteiger partial charge in [0.2, 0.25) is 5.91 Å². The van der Waals surface area contributed by atoms with Crippen LogP contribution in [-0.4, -0.2) is 42.6 Å². The number of hydrogen-bond donors (Lipinski definition) is 1. The molecule has 0 saturated carbocycles. The molecule has 22 heavy (non-hydrogen) atoms. The maximum absolute atomic E-state index is 11.9. The fourth-order valence-corrected chi connectivity index (χ4v) is 3.38. The summed E-state index contributed by atoms with van der Waals surface area (Å²) in [5.41, 5.74) is 1.22. The predicted octanol–water partition coefficient (Wildman–Crippen LogP) is 2.60. The summed E-state index contributed by atoms with van der Waals surface area (Å²) in [4.78, 5) is 14.3. The molecular weight excluding hydrogens is 300 g/mol. The van der Waals surface area contributed by atoms with Gasteiger partial charge in [-0.1, -0.05) is 23.7 Å². The lowest BCUT2D eigenvalue weighted by Crippen LogP contribution is -2.52. The van der Waals surface area contributed by atoms with E-state index in [1.54, 1.807) is 0 Å². The Bertz CT molecular complexity index is 521. The second-order valence-electron chi connectivity index (χ2n) is 6.28. The Kier molecular flexibility index (Phi) is 5.01. The lowest BCUT2D eigenvalue weighted by Gasteiger charge is -2.47. The number of ether oxygens (including phenoxy) is 1. The normalized spacial score (nSPS) is 20.6. The smallest absolute Gasteiger partial charge is 0.221 e. The van der Waals surface area contributed by atoms with Crippen molar-refractivity contribution < 1.29 is 9.53 Å². The molecule has 2 aliphatic rings. The first-order chi connectivity index (χ1) is 10.7. The van der Waals surface area contributed by atoms with Crippen molar-refractivity contribution in [2.75, 3.05) is 26.2 Å². The lowest BCUT2D eigenvalue weighted by molar-refractivity contribution is -0.172. The Morgan fingerprint density at radius 2 is 2.09 bits per heavy atom. The number of carbonyl (C=O) groups is 1. The third kappa shape index (κ3) is 4.00. The van der Waals surface area contributed by atoms with Crippen molar-refractivity contribution in [3.8, 4) is 0 Å². The largest absolute Gasteiger partial charge is 0.375 e. The number of rotatable bonds is 5. The van der Waals surface area contributed by atoms with Gasteiger partial charge in [-0.15, -0.1) is 0 Å². The summed E-state index contributed by atoms with van der Waals surface area (Å²) >= 11 is 5.93. The van der Waals surface area contributed by atoms with Crippen molar-refractivity contribution >= 4 is 17.5 Å². The number of piperidine rings is 1. The number of halogens is 1. The highest BCUT2D eigenvalue weighted by Gasteiger charge is 2.40. The molecule has 1 aromatic carbocycles. The zero-order valence-corrected chi connectivity index (χ0v) is 13.6. The molecule has 2 heterocycles. The molecule has 3 rings (SSSR count). The Balaban J connectivity index is 1.34. The third-order valence-electron chi connectivity index (χ3n) is 4.77. The van der Waals surface area contributed by atoms with E-state index in [1.807, 2.05) is 24.3 Å². The highest BCUT2D eigenvalue weighted by Crippen LogP contribution is 2.36. The predicted molar refractivity (Wildman–Crippen MR) is 86.9 cm³/mol. The van der Waals surface area contributed by atoms with E-state index in [0.29, 0.717) is 18.0 Å². The molecule has 0 atom stereocenters. The molecule has 4 nitrogen and oxygen atoms in total.